The molecule has 0 unspecified atom stereocenters. The zero-order valence-electron chi connectivity index (χ0n) is 6.74. The zero-order chi connectivity index (χ0) is 9.42. The van der Waals surface area contributed by atoms with Gasteiger partial charge < -0.3 is 0 Å². The minimum Gasteiger partial charge on any atom is -0.298 e. The monoisotopic (exact) mass is 259 g/mol. The van der Waals surface area contributed by atoms with Crippen molar-refractivity contribution < 1.29 is 0 Å². The third-order valence-corrected chi connectivity index (χ3v) is 2.62. The van der Waals surface area contributed by atoms with Crippen molar-refractivity contribution in [2.75, 3.05) is 6.26 Å². The Bertz CT molecular complexity index is 504. The van der Waals surface area contributed by atoms with Crippen molar-refractivity contribution in [1.82, 2.24) is 14.6 Å². The lowest BCUT2D eigenvalue weighted by Crippen LogP contribution is -2.12. The van der Waals surface area contributed by atoms with Gasteiger partial charge in [0.1, 0.15) is 5.52 Å². The molecule has 0 aromatic carbocycles. The summed E-state index contributed by atoms with van der Waals surface area (Å²) in [5, 5.41) is 4.78. The second kappa shape index (κ2) is 3.19. The van der Waals surface area contributed by atoms with Crippen molar-refractivity contribution in [2.24, 2.45) is 0 Å². The molecule has 0 aliphatic rings. The average molecular weight is 260 g/mol. The highest BCUT2D eigenvalue weighted by Gasteiger charge is 2.03. The van der Waals surface area contributed by atoms with Gasteiger partial charge in [0.25, 0.3) is 5.56 Å². The fourth-order valence-electron chi connectivity index (χ4n) is 1.05. The van der Waals surface area contributed by atoms with Crippen LogP contribution in [0.1, 0.15) is 0 Å². The van der Waals surface area contributed by atoms with Crippen LogP contribution in [0.15, 0.2) is 26.7 Å². The zero-order valence-corrected chi connectivity index (χ0v) is 9.15. The van der Waals surface area contributed by atoms with Gasteiger partial charge in [-0.2, -0.15) is 0 Å². The van der Waals surface area contributed by atoms with Gasteiger partial charge in [-0.05, 0) is 28.3 Å². The number of rotatable bonds is 1. The number of nitrogens with zero attached hydrogens (tertiary/aromatic N) is 2. The standard InChI is InChI=1S/C7H6BrN3OS/c1-13-7-9-6(12)5-2-4(8)3-11(5)10-7/h2-3H,1H3,(H,9,10,12). The van der Waals surface area contributed by atoms with E-state index in [2.05, 4.69) is 26.0 Å². The molecule has 0 amide bonds. The topological polar surface area (TPSA) is 50.2 Å². The first kappa shape index (κ1) is 8.83. The number of halogens is 1. The van der Waals surface area contributed by atoms with E-state index in [1.807, 2.05) is 6.26 Å². The fraction of sp³-hybridized carbons (Fsp3) is 0.143. The van der Waals surface area contributed by atoms with Gasteiger partial charge in [-0.15, -0.1) is 5.10 Å². The Morgan fingerprint density at radius 3 is 3.15 bits per heavy atom. The van der Waals surface area contributed by atoms with Crippen LogP contribution in [0, 0.1) is 0 Å². The quantitative estimate of drug-likeness (QED) is 0.790. The maximum absolute atomic E-state index is 11.4. The van der Waals surface area contributed by atoms with Crippen LogP contribution in [0.2, 0.25) is 0 Å². The minimum absolute atomic E-state index is 0.120. The van der Waals surface area contributed by atoms with Gasteiger partial charge in [0.05, 0.1) is 0 Å². The average Bonchev–Trinajstić information content (AvgIpc) is 2.46. The number of hydrogen-bond donors (Lipinski definition) is 1. The molecule has 4 nitrogen and oxygen atoms in total. The lowest BCUT2D eigenvalue weighted by molar-refractivity contribution is 0.784. The number of fused-ring (bicyclic) bond motifs is 1. The van der Waals surface area contributed by atoms with Gasteiger partial charge in [-0.3, -0.25) is 9.78 Å². The maximum Gasteiger partial charge on any atom is 0.275 e. The summed E-state index contributed by atoms with van der Waals surface area (Å²) in [5.41, 5.74) is 0.426. The van der Waals surface area contributed by atoms with E-state index in [9.17, 15) is 4.79 Å². The molecule has 1 N–H and O–H groups in total. The van der Waals surface area contributed by atoms with Gasteiger partial charge in [0, 0.05) is 10.7 Å². The van der Waals surface area contributed by atoms with E-state index in [0.717, 1.165) is 4.47 Å². The largest absolute Gasteiger partial charge is 0.298 e. The molecule has 0 radical (unpaired) electrons. The molecule has 2 heterocycles. The molecule has 68 valence electrons. The van der Waals surface area contributed by atoms with Crippen molar-refractivity contribution in [3.05, 3.63) is 27.1 Å². The van der Waals surface area contributed by atoms with Gasteiger partial charge >= 0.3 is 0 Å². The van der Waals surface area contributed by atoms with E-state index in [-0.39, 0.29) is 5.56 Å². The highest BCUT2D eigenvalue weighted by molar-refractivity contribution is 9.10. The number of thioether (sulfide) groups is 1. The van der Waals surface area contributed by atoms with E-state index < -0.39 is 0 Å². The van der Waals surface area contributed by atoms with Crippen molar-refractivity contribution in [3.8, 4) is 0 Å². The molecule has 0 saturated carbocycles. The van der Waals surface area contributed by atoms with E-state index in [4.69, 9.17) is 0 Å². The van der Waals surface area contributed by atoms with E-state index in [1.54, 1.807) is 16.8 Å². The second-order valence-electron chi connectivity index (χ2n) is 2.45. The highest BCUT2D eigenvalue weighted by atomic mass is 79.9. The summed E-state index contributed by atoms with van der Waals surface area (Å²) in [7, 11) is 0. The Morgan fingerprint density at radius 1 is 1.69 bits per heavy atom. The normalized spacial score (nSPS) is 10.9. The molecular formula is C7H6BrN3OS. The predicted octanol–water partition coefficient (Wildman–Crippen LogP) is 1.51. The minimum atomic E-state index is -0.120. The highest BCUT2D eigenvalue weighted by Crippen LogP contribution is 2.13. The van der Waals surface area contributed by atoms with Gasteiger partial charge in [0.15, 0.2) is 5.16 Å². The molecular weight excluding hydrogens is 254 g/mol. The van der Waals surface area contributed by atoms with E-state index in [1.165, 1.54) is 11.8 Å². The molecule has 0 bridgehead atoms. The van der Waals surface area contributed by atoms with Crippen LogP contribution in [0.25, 0.3) is 5.52 Å². The first-order chi connectivity index (χ1) is 6.20. The summed E-state index contributed by atoms with van der Waals surface area (Å²) in [5.74, 6) is 0. The first-order valence-corrected chi connectivity index (χ1v) is 5.54. The Hall–Kier alpha value is -0.750. The number of nitrogens with one attached hydrogen (secondary N) is 1. The second-order valence-corrected chi connectivity index (χ2v) is 4.16. The molecule has 0 fully saturated rings. The molecule has 0 saturated heterocycles. The van der Waals surface area contributed by atoms with Gasteiger partial charge in [-0.1, -0.05) is 11.8 Å². The number of aromatic nitrogens is 3. The van der Waals surface area contributed by atoms with Crippen LogP contribution in [0.4, 0.5) is 0 Å². The molecule has 2 rings (SSSR count). The SMILES string of the molecule is CSc1nn2cc(Br)cc2c(=O)[nH]1. The number of hydrogen-bond acceptors (Lipinski definition) is 3. The first-order valence-electron chi connectivity index (χ1n) is 3.53. The summed E-state index contributed by atoms with van der Waals surface area (Å²) in [6.45, 7) is 0. The third kappa shape index (κ3) is 1.51. The molecule has 2 aromatic heterocycles. The molecule has 0 aliphatic carbocycles. The van der Waals surface area contributed by atoms with E-state index >= 15 is 0 Å². The van der Waals surface area contributed by atoms with Crippen LogP contribution in [0.5, 0.6) is 0 Å². The summed E-state index contributed by atoms with van der Waals surface area (Å²) >= 11 is 4.69. The Balaban J connectivity index is 2.83. The van der Waals surface area contributed by atoms with Crippen LogP contribution in [-0.2, 0) is 0 Å². The number of H-pyrrole nitrogens is 1. The summed E-state index contributed by atoms with van der Waals surface area (Å²) in [6, 6.07) is 1.73. The van der Waals surface area contributed by atoms with Crippen LogP contribution >= 0.6 is 27.7 Å². The number of aromatic amines is 1. The van der Waals surface area contributed by atoms with Crippen LogP contribution < -0.4 is 5.56 Å². The van der Waals surface area contributed by atoms with Crippen molar-refractivity contribution >= 4 is 33.2 Å². The smallest absolute Gasteiger partial charge is 0.275 e. The summed E-state index contributed by atoms with van der Waals surface area (Å²) < 4.78 is 2.41. The molecule has 0 atom stereocenters. The Kier molecular flexibility index (Phi) is 2.17. The van der Waals surface area contributed by atoms with Gasteiger partial charge in [-0.25, -0.2) is 4.52 Å². The maximum atomic E-state index is 11.4. The van der Waals surface area contributed by atoms with Crippen LogP contribution in [0.3, 0.4) is 0 Å². The summed E-state index contributed by atoms with van der Waals surface area (Å²) in [4.78, 5) is 14.1. The van der Waals surface area contributed by atoms with E-state index in [0.29, 0.717) is 10.7 Å². The van der Waals surface area contributed by atoms with Gasteiger partial charge in [0.2, 0.25) is 0 Å². The summed E-state index contributed by atoms with van der Waals surface area (Å²) in [6.07, 6.45) is 3.62. The van der Waals surface area contributed by atoms with Crippen molar-refractivity contribution in [2.45, 2.75) is 5.16 Å². The molecule has 2 aromatic rings. The van der Waals surface area contributed by atoms with Crippen LogP contribution in [-0.4, -0.2) is 20.9 Å². The molecule has 0 aliphatic heterocycles. The predicted molar refractivity (Wildman–Crippen MR) is 55.3 cm³/mol. The Morgan fingerprint density at radius 2 is 2.46 bits per heavy atom. The lowest BCUT2D eigenvalue weighted by atomic mass is 10.5. The fourth-order valence-corrected chi connectivity index (χ4v) is 1.82. The molecule has 0 spiro atoms. The van der Waals surface area contributed by atoms with Crippen molar-refractivity contribution in [3.63, 3.8) is 0 Å². The molecule has 13 heavy (non-hydrogen) atoms. The lowest BCUT2D eigenvalue weighted by Gasteiger charge is -1.95. The molecule has 6 heteroatoms. The third-order valence-electron chi connectivity index (χ3n) is 1.61. The van der Waals surface area contributed by atoms with Crippen molar-refractivity contribution in [1.29, 1.82) is 0 Å². The Labute approximate surface area is 86.5 Å².